The van der Waals surface area contributed by atoms with Gasteiger partial charge in [0.25, 0.3) is 5.75 Å². The van der Waals surface area contributed by atoms with Gasteiger partial charge in [-0.3, -0.25) is 0 Å². The number of fused-ring (bicyclic) bond motifs is 6. The first-order chi connectivity index (χ1) is 32.3. The Morgan fingerprint density at radius 3 is 0.800 bits per heavy atom. The molecule has 0 atom stereocenters. The second kappa shape index (κ2) is 23.3. The Hall–Kier alpha value is -6.01. The molecule has 322 valence electrons. The van der Waals surface area contributed by atoms with Crippen LogP contribution < -0.4 is 58.1 Å². The second-order valence-electron chi connectivity index (χ2n) is 16.0. The summed E-state index contributed by atoms with van der Waals surface area (Å²) in [5.41, 5.74) is 3.52. The van der Waals surface area contributed by atoms with Crippen LogP contribution in [0, 0.1) is 35.6 Å². The Labute approximate surface area is 469 Å². The summed E-state index contributed by atoms with van der Waals surface area (Å²) in [5, 5.41) is 80.0. The molecule has 2 radical (unpaired) electrons. The molecular weight excluding hydrogens is 976 g/mol. The van der Waals surface area contributed by atoms with Crippen LogP contribution >= 0.6 is 0 Å². The Bertz CT molecular complexity index is 3180. The van der Waals surface area contributed by atoms with Gasteiger partial charge in [0.1, 0.15) is 5.75 Å². The number of phenolic OH excluding ortho intramolecular Hbond substituents is 1. The standard InChI is InChI=1S/3C20H14O2.La.3Li/c3*21-17-11-9-13-5-1-3-7-15(13)19(17)20-16-8-4-2-6-14(16)10-12-18(20)22;;;;/h3*1-12,21-22H;;;;/q;;;;;2*+1/p-3. The molecule has 6 nitrogen and oxygen atoms in total. The quantitative estimate of drug-likeness (QED) is 0.170. The van der Waals surface area contributed by atoms with Crippen LogP contribution in [-0.2, 0) is 0 Å². The number of aromatic hydroxyl groups is 1. The number of phenols is 1. The van der Waals surface area contributed by atoms with E-state index in [0.717, 1.165) is 70.2 Å². The molecule has 0 fully saturated rings. The fraction of sp³-hybridized carbons (Fsp3) is 0. The van der Waals surface area contributed by atoms with Crippen LogP contribution in [0.3, 0.4) is 0 Å². The number of hydrogen-bond acceptors (Lipinski definition) is 5. The zero-order valence-electron chi connectivity index (χ0n) is 38.9. The minimum Gasteiger partial charge on any atom is -0.872 e. The van der Waals surface area contributed by atoms with E-state index in [9.17, 15) is 25.5 Å². The monoisotopic (exact) mass is 1020 g/mol. The molecule has 0 aliphatic rings. The van der Waals surface area contributed by atoms with Crippen LogP contribution in [-0.4, -0.2) is 29.1 Å². The van der Waals surface area contributed by atoms with Crippen LogP contribution in [0.2, 0.25) is 0 Å². The Morgan fingerprint density at radius 2 is 0.486 bits per heavy atom. The van der Waals surface area contributed by atoms with Gasteiger partial charge in [-0.25, -0.2) is 0 Å². The molecule has 12 aromatic carbocycles. The summed E-state index contributed by atoms with van der Waals surface area (Å²) >= 11 is 0. The summed E-state index contributed by atoms with van der Waals surface area (Å²) in [7, 11) is 0. The smallest absolute Gasteiger partial charge is 0.872 e. The molecule has 0 bridgehead atoms. The largest absolute Gasteiger partial charge is 1.00 e. The van der Waals surface area contributed by atoms with E-state index in [1.54, 1.807) is 48.5 Å². The molecule has 0 heterocycles. The van der Waals surface area contributed by atoms with Gasteiger partial charge < -0.3 is 30.6 Å². The Morgan fingerprint density at radius 1 is 0.271 bits per heavy atom. The van der Waals surface area contributed by atoms with Crippen molar-refractivity contribution in [2.75, 3.05) is 0 Å². The number of benzene rings is 12. The summed E-state index contributed by atoms with van der Waals surface area (Å²) in [5.74, 6) is 0.160. The van der Waals surface area contributed by atoms with E-state index in [4.69, 9.17) is 5.11 Å². The maximum atomic E-state index is 12.5. The topological polar surface area (TPSA) is 135 Å². The van der Waals surface area contributed by atoms with Gasteiger partial charge in [-0.05, 0) is 99.0 Å². The Balaban J connectivity index is 0.000000167. The van der Waals surface area contributed by atoms with Gasteiger partial charge in [-0.1, -0.05) is 206 Å². The van der Waals surface area contributed by atoms with Gasteiger partial charge in [0.05, 0.1) is 5.56 Å². The molecule has 0 unspecified atom stereocenters. The third-order valence-electron chi connectivity index (χ3n) is 12.1. The van der Waals surface area contributed by atoms with E-state index in [-0.39, 0.29) is 121 Å². The molecule has 70 heavy (non-hydrogen) atoms. The molecule has 12 aromatic rings. The fourth-order valence-electron chi connectivity index (χ4n) is 9.10. The SMILES string of the molecule is [La].[Li+].[Li+].[Li].[O-]c1ccc2ccccc2c1-c1c(O)ccc2ccccc12.[O-]c1ccc2ccccc2c1-c1c([O-])ccc2ccccc12.[O-]c1ccc2ccccc2c1-c1c([OH2+])ccc2ccccc12. The minimum atomic E-state index is -0.118. The number of rotatable bonds is 3. The first kappa shape index (κ1) is 53.3. The molecule has 0 saturated carbocycles. The van der Waals surface area contributed by atoms with E-state index in [1.807, 2.05) is 170 Å². The van der Waals surface area contributed by atoms with Crippen LogP contribution in [0.1, 0.15) is 0 Å². The van der Waals surface area contributed by atoms with Crippen molar-refractivity contribution < 1.29 is 104 Å². The summed E-state index contributed by atoms with van der Waals surface area (Å²) in [6, 6.07) is 67.3. The molecule has 0 spiro atoms. The molecule has 0 saturated heterocycles. The first-order valence-corrected chi connectivity index (χ1v) is 21.5. The summed E-state index contributed by atoms with van der Waals surface area (Å²) in [6.07, 6.45) is 0. The predicted molar refractivity (Wildman–Crippen MR) is 269 cm³/mol. The zero-order chi connectivity index (χ0) is 45.3. The zero-order valence-corrected chi connectivity index (χ0v) is 42.6. The van der Waals surface area contributed by atoms with Gasteiger partial charge in [0.15, 0.2) is 0 Å². The molecule has 3 N–H and O–H groups in total. The van der Waals surface area contributed by atoms with Crippen molar-refractivity contribution in [3.05, 3.63) is 218 Å². The molecule has 0 amide bonds. The Kier molecular flexibility index (Phi) is 17.7. The van der Waals surface area contributed by atoms with Crippen molar-refractivity contribution in [1.82, 2.24) is 0 Å². The van der Waals surface area contributed by atoms with Crippen molar-refractivity contribution in [2.45, 2.75) is 0 Å². The van der Waals surface area contributed by atoms with Gasteiger partial charge >= 0.3 is 37.7 Å². The van der Waals surface area contributed by atoms with Gasteiger partial charge in [-0.2, -0.15) is 0 Å². The molecular formula is C60H39LaLi3O6-. The third kappa shape index (κ3) is 10.2. The van der Waals surface area contributed by atoms with Crippen molar-refractivity contribution in [3.63, 3.8) is 0 Å². The molecule has 12 rings (SSSR count). The van der Waals surface area contributed by atoms with Crippen molar-refractivity contribution >= 4 is 83.5 Å². The normalized spacial score (nSPS) is 10.5. The van der Waals surface area contributed by atoms with Gasteiger partial charge in [-0.15, -0.1) is 17.2 Å². The summed E-state index contributed by atoms with van der Waals surface area (Å²) < 4.78 is 0. The second-order valence-corrected chi connectivity index (χ2v) is 16.0. The van der Waals surface area contributed by atoms with E-state index in [1.165, 1.54) is 0 Å². The van der Waals surface area contributed by atoms with Gasteiger partial charge in [0.2, 0.25) is 0 Å². The number of hydrogen-bond donors (Lipinski definition) is 1. The van der Waals surface area contributed by atoms with Crippen LogP contribution in [0.4, 0.5) is 0 Å². The van der Waals surface area contributed by atoms with Crippen molar-refractivity contribution in [3.8, 4) is 67.9 Å². The van der Waals surface area contributed by atoms with Crippen LogP contribution in [0.25, 0.3) is 98.0 Å². The maximum absolute atomic E-state index is 12.5. The predicted octanol–water partition coefficient (Wildman–Crippen LogP) is 6.05. The van der Waals surface area contributed by atoms with Gasteiger partial charge in [0, 0.05) is 66.1 Å². The minimum absolute atomic E-state index is 0. The van der Waals surface area contributed by atoms with Crippen molar-refractivity contribution in [2.24, 2.45) is 0 Å². The van der Waals surface area contributed by atoms with E-state index in [0.29, 0.717) is 33.6 Å². The average molecular weight is 1020 g/mol. The molecule has 0 aromatic heterocycles. The molecule has 0 aliphatic heterocycles. The summed E-state index contributed by atoms with van der Waals surface area (Å²) in [6.45, 7) is 0. The van der Waals surface area contributed by atoms with Crippen molar-refractivity contribution in [1.29, 1.82) is 0 Å². The van der Waals surface area contributed by atoms with Crippen LogP contribution in [0.15, 0.2) is 218 Å². The average Bonchev–Trinajstić information content (AvgIpc) is 3.35. The van der Waals surface area contributed by atoms with E-state index >= 15 is 0 Å². The van der Waals surface area contributed by atoms with E-state index in [2.05, 4.69) is 0 Å². The third-order valence-corrected chi connectivity index (χ3v) is 12.1. The fourth-order valence-corrected chi connectivity index (χ4v) is 9.10. The summed E-state index contributed by atoms with van der Waals surface area (Å²) in [4.78, 5) is 0. The molecule has 10 heteroatoms. The van der Waals surface area contributed by atoms with Crippen LogP contribution in [0.5, 0.6) is 34.5 Å². The first-order valence-electron chi connectivity index (χ1n) is 21.5. The van der Waals surface area contributed by atoms with E-state index < -0.39 is 0 Å². The molecule has 0 aliphatic carbocycles. The maximum Gasteiger partial charge on any atom is 1.00 e.